The third-order valence-corrected chi connectivity index (χ3v) is 2.84. The van der Waals surface area contributed by atoms with Crippen LogP contribution in [0.25, 0.3) is 0 Å². The highest BCUT2D eigenvalue weighted by atomic mass is 35.5. The van der Waals surface area contributed by atoms with Crippen LogP contribution in [0.15, 0.2) is 42.9 Å². The molecular weight excluding hydrogens is 278 g/mol. The minimum Gasteiger partial charge on any atom is -0.491 e. The van der Waals surface area contributed by atoms with Gasteiger partial charge >= 0.3 is 0 Å². The molecule has 0 amide bonds. The highest BCUT2D eigenvalue weighted by Crippen LogP contribution is 2.15. The summed E-state index contributed by atoms with van der Waals surface area (Å²) in [4.78, 5) is 7.92. The molecule has 0 bridgehead atoms. The molecule has 1 aromatic heterocycles. The summed E-state index contributed by atoms with van der Waals surface area (Å²) in [5.74, 6) is 0.684. The Hall–Kier alpha value is -1.69. The maximum absolute atomic E-state index is 9.80. The van der Waals surface area contributed by atoms with Gasteiger partial charge in [-0.05, 0) is 30.3 Å². The van der Waals surface area contributed by atoms with Crippen LogP contribution in [0.4, 0.5) is 0 Å². The van der Waals surface area contributed by atoms with E-state index in [4.69, 9.17) is 16.3 Å². The number of rotatable bonds is 7. The van der Waals surface area contributed by atoms with E-state index in [-0.39, 0.29) is 6.61 Å². The normalized spacial score (nSPS) is 12.1. The predicted octanol–water partition coefficient (Wildman–Crippen LogP) is 1.66. The van der Waals surface area contributed by atoms with Crippen LogP contribution in [0.2, 0.25) is 5.02 Å². The molecular formula is C14H16ClN3O2. The van der Waals surface area contributed by atoms with Crippen LogP contribution in [0.3, 0.4) is 0 Å². The first-order valence-corrected chi connectivity index (χ1v) is 6.64. The van der Waals surface area contributed by atoms with Crippen molar-refractivity contribution in [3.05, 3.63) is 53.6 Å². The fourth-order valence-corrected chi connectivity index (χ4v) is 1.70. The number of ether oxygens (including phenoxy) is 1. The van der Waals surface area contributed by atoms with E-state index in [9.17, 15) is 5.11 Å². The van der Waals surface area contributed by atoms with E-state index in [1.807, 2.05) is 6.07 Å². The molecule has 0 saturated heterocycles. The largest absolute Gasteiger partial charge is 0.491 e. The van der Waals surface area contributed by atoms with Gasteiger partial charge in [0.25, 0.3) is 0 Å². The van der Waals surface area contributed by atoms with Gasteiger partial charge in [0, 0.05) is 24.3 Å². The summed E-state index contributed by atoms with van der Waals surface area (Å²) in [5, 5.41) is 13.6. The lowest BCUT2D eigenvalue weighted by Crippen LogP contribution is -2.31. The zero-order valence-corrected chi connectivity index (χ0v) is 11.6. The van der Waals surface area contributed by atoms with E-state index >= 15 is 0 Å². The van der Waals surface area contributed by atoms with E-state index in [0.29, 0.717) is 23.9 Å². The average molecular weight is 294 g/mol. The van der Waals surface area contributed by atoms with Crippen molar-refractivity contribution in [3.8, 4) is 5.75 Å². The molecule has 1 heterocycles. The number of nitrogens with zero attached hydrogens (tertiary/aromatic N) is 2. The van der Waals surface area contributed by atoms with Gasteiger partial charge in [0.1, 0.15) is 24.8 Å². The predicted molar refractivity (Wildman–Crippen MR) is 76.7 cm³/mol. The lowest BCUT2D eigenvalue weighted by molar-refractivity contribution is 0.106. The van der Waals surface area contributed by atoms with Crippen LogP contribution >= 0.6 is 11.6 Å². The summed E-state index contributed by atoms with van der Waals surface area (Å²) in [6.45, 7) is 1.23. The molecule has 1 unspecified atom stereocenters. The molecule has 0 aliphatic rings. The van der Waals surface area contributed by atoms with Crippen molar-refractivity contribution >= 4 is 11.6 Å². The molecule has 2 rings (SSSR count). The molecule has 106 valence electrons. The van der Waals surface area contributed by atoms with Crippen molar-refractivity contribution in [2.24, 2.45) is 0 Å². The van der Waals surface area contributed by atoms with Crippen molar-refractivity contribution in [1.29, 1.82) is 0 Å². The minimum atomic E-state index is -0.590. The number of halogens is 1. The van der Waals surface area contributed by atoms with Crippen molar-refractivity contribution in [2.45, 2.75) is 12.6 Å². The second kappa shape index (κ2) is 7.79. The number of hydrogen-bond acceptors (Lipinski definition) is 5. The second-order valence-corrected chi connectivity index (χ2v) is 4.69. The standard InChI is InChI=1S/C14H16ClN3O2/c15-11-1-3-14(4-2-11)20-9-13(19)8-17-7-12-5-6-16-10-18-12/h1-6,10,13,17,19H,7-9H2. The summed E-state index contributed by atoms with van der Waals surface area (Å²) in [5.41, 5.74) is 0.880. The minimum absolute atomic E-state index is 0.221. The molecule has 1 aromatic carbocycles. The molecule has 1 atom stereocenters. The van der Waals surface area contributed by atoms with Crippen LogP contribution in [-0.2, 0) is 6.54 Å². The van der Waals surface area contributed by atoms with Crippen LogP contribution in [0.5, 0.6) is 5.75 Å². The molecule has 5 nitrogen and oxygen atoms in total. The molecule has 2 aromatic rings. The molecule has 0 aliphatic heterocycles. The monoisotopic (exact) mass is 293 g/mol. The lowest BCUT2D eigenvalue weighted by Gasteiger charge is -2.13. The summed E-state index contributed by atoms with van der Waals surface area (Å²) < 4.78 is 5.45. The van der Waals surface area contributed by atoms with Crippen molar-refractivity contribution in [3.63, 3.8) is 0 Å². The first-order valence-electron chi connectivity index (χ1n) is 6.26. The van der Waals surface area contributed by atoms with Gasteiger partial charge in [-0.1, -0.05) is 11.6 Å². The fourth-order valence-electron chi connectivity index (χ4n) is 1.57. The highest BCUT2D eigenvalue weighted by molar-refractivity contribution is 6.30. The first-order chi connectivity index (χ1) is 9.74. The lowest BCUT2D eigenvalue weighted by atomic mass is 10.3. The topological polar surface area (TPSA) is 67.3 Å². The van der Waals surface area contributed by atoms with E-state index in [0.717, 1.165) is 5.69 Å². The van der Waals surface area contributed by atoms with Crippen LogP contribution in [-0.4, -0.2) is 34.3 Å². The zero-order chi connectivity index (χ0) is 14.2. The Bertz CT molecular complexity index is 508. The van der Waals surface area contributed by atoms with Gasteiger partial charge in [-0.3, -0.25) is 0 Å². The number of benzene rings is 1. The summed E-state index contributed by atoms with van der Waals surface area (Å²) in [7, 11) is 0. The maximum atomic E-state index is 9.80. The number of aliphatic hydroxyl groups excluding tert-OH is 1. The van der Waals surface area contributed by atoms with Gasteiger partial charge in [0.15, 0.2) is 0 Å². The van der Waals surface area contributed by atoms with E-state index in [1.54, 1.807) is 30.5 Å². The third-order valence-electron chi connectivity index (χ3n) is 2.59. The van der Waals surface area contributed by atoms with Gasteiger partial charge in [0.05, 0.1) is 5.69 Å². The van der Waals surface area contributed by atoms with Gasteiger partial charge in [-0.25, -0.2) is 9.97 Å². The Labute approximate surface area is 122 Å². The SMILES string of the molecule is OC(CNCc1ccncn1)COc1ccc(Cl)cc1. The number of hydrogen-bond donors (Lipinski definition) is 2. The van der Waals surface area contributed by atoms with Crippen LogP contribution < -0.4 is 10.1 Å². The first kappa shape index (κ1) is 14.7. The van der Waals surface area contributed by atoms with E-state index < -0.39 is 6.10 Å². The zero-order valence-electron chi connectivity index (χ0n) is 10.9. The molecule has 2 N–H and O–H groups in total. The summed E-state index contributed by atoms with van der Waals surface area (Å²) in [6.07, 6.45) is 2.59. The number of aliphatic hydroxyl groups is 1. The third kappa shape index (κ3) is 5.13. The summed E-state index contributed by atoms with van der Waals surface area (Å²) >= 11 is 5.78. The van der Waals surface area contributed by atoms with Crippen molar-refractivity contribution < 1.29 is 9.84 Å². The summed E-state index contributed by atoms with van der Waals surface area (Å²) in [6, 6.07) is 8.85. The maximum Gasteiger partial charge on any atom is 0.119 e. The van der Waals surface area contributed by atoms with Crippen molar-refractivity contribution in [2.75, 3.05) is 13.2 Å². The molecule has 20 heavy (non-hydrogen) atoms. The fraction of sp³-hybridized carbons (Fsp3) is 0.286. The molecule has 0 saturated carbocycles. The Kier molecular flexibility index (Phi) is 5.73. The highest BCUT2D eigenvalue weighted by Gasteiger charge is 2.05. The van der Waals surface area contributed by atoms with Gasteiger partial charge in [-0.15, -0.1) is 0 Å². The molecule has 6 heteroatoms. The van der Waals surface area contributed by atoms with Crippen molar-refractivity contribution in [1.82, 2.24) is 15.3 Å². The molecule has 0 spiro atoms. The Morgan fingerprint density at radius 3 is 2.75 bits per heavy atom. The van der Waals surface area contributed by atoms with Crippen LogP contribution in [0.1, 0.15) is 5.69 Å². The van der Waals surface area contributed by atoms with Crippen LogP contribution in [0, 0.1) is 0 Å². The smallest absolute Gasteiger partial charge is 0.119 e. The van der Waals surface area contributed by atoms with Gasteiger partial charge < -0.3 is 15.2 Å². The number of aromatic nitrogens is 2. The average Bonchev–Trinajstić information content (AvgIpc) is 2.48. The quantitative estimate of drug-likeness (QED) is 0.813. The van der Waals surface area contributed by atoms with E-state index in [2.05, 4.69) is 15.3 Å². The Balaban J connectivity index is 1.65. The Morgan fingerprint density at radius 1 is 1.25 bits per heavy atom. The van der Waals surface area contributed by atoms with Gasteiger partial charge in [-0.2, -0.15) is 0 Å². The molecule has 0 fully saturated rings. The van der Waals surface area contributed by atoms with E-state index in [1.165, 1.54) is 6.33 Å². The second-order valence-electron chi connectivity index (χ2n) is 4.25. The Morgan fingerprint density at radius 2 is 2.05 bits per heavy atom. The molecule has 0 aliphatic carbocycles. The molecule has 0 radical (unpaired) electrons. The number of nitrogens with one attached hydrogen (secondary N) is 1. The van der Waals surface area contributed by atoms with Gasteiger partial charge in [0.2, 0.25) is 0 Å².